The fraction of sp³-hybridized carbons (Fsp3) is 0.469. The van der Waals surface area contributed by atoms with Crippen LogP contribution >= 0.6 is 0 Å². The van der Waals surface area contributed by atoms with Gasteiger partial charge in [0.1, 0.15) is 23.6 Å². The number of aromatic nitrogens is 2. The van der Waals surface area contributed by atoms with Crippen molar-refractivity contribution in [2.45, 2.75) is 32.1 Å². The Kier molecular flexibility index (Phi) is 11.1. The minimum absolute atomic E-state index is 0.0120. The molecule has 14 heteroatoms. The van der Waals surface area contributed by atoms with E-state index in [-0.39, 0.29) is 46.4 Å². The molecule has 46 heavy (non-hydrogen) atoms. The Bertz CT molecular complexity index is 1630. The number of likely N-dealkylation sites (tertiary alicyclic amines) is 1. The number of fused-ring (bicyclic) bond motifs is 1. The number of benzene rings is 2. The number of nitrogens with one attached hydrogen (secondary N) is 2. The Hall–Kier alpha value is -4.35. The number of nitrogens with zero attached hydrogens (tertiary/aromatic N) is 4. The average Bonchev–Trinajstić information content (AvgIpc) is 3.39. The van der Waals surface area contributed by atoms with E-state index >= 15 is 0 Å². The van der Waals surface area contributed by atoms with Gasteiger partial charge < -0.3 is 34.5 Å². The maximum atomic E-state index is 14.5. The van der Waals surface area contributed by atoms with E-state index in [0.29, 0.717) is 24.3 Å². The number of hydrogen-bond donors (Lipinski definition) is 2. The molecule has 0 saturated carbocycles. The van der Waals surface area contributed by atoms with Gasteiger partial charge in [0.25, 0.3) is 11.8 Å². The third kappa shape index (κ3) is 8.46. The van der Waals surface area contributed by atoms with Crippen LogP contribution < -0.4 is 15.4 Å². The summed E-state index contributed by atoms with van der Waals surface area (Å²) in [5.74, 6) is 4.36. The highest BCUT2D eigenvalue weighted by Crippen LogP contribution is 2.29. The molecular weight excluding hydrogens is 608 g/mol. The third-order valence-corrected chi connectivity index (χ3v) is 7.76. The number of methoxy groups -OCH3 is 2. The van der Waals surface area contributed by atoms with Gasteiger partial charge in [-0.05, 0) is 30.5 Å². The van der Waals surface area contributed by atoms with Gasteiger partial charge in [-0.25, -0.2) is 9.37 Å². The molecule has 1 aliphatic heterocycles. The van der Waals surface area contributed by atoms with Crippen LogP contribution in [0.15, 0.2) is 30.6 Å². The Labute approximate surface area is 265 Å². The highest BCUT2D eigenvalue weighted by molar-refractivity contribution is 6.05. The van der Waals surface area contributed by atoms with Crippen molar-refractivity contribution in [3.8, 4) is 17.6 Å². The summed E-state index contributed by atoms with van der Waals surface area (Å²) in [6.07, 6.45) is -2.73. The first kappa shape index (κ1) is 34.5. The van der Waals surface area contributed by atoms with Crippen molar-refractivity contribution < 1.29 is 36.6 Å². The molecule has 2 heterocycles. The van der Waals surface area contributed by atoms with Gasteiger partial charge in [-0.15, -0.1) is 0 Å². The molecule has 0 aliphatic carbocycles. The fourth-order valence-corrected chi connectivity index (χ4v) is 5.40. The Balaban J connectivity index is 1.59. The number of halogens is 4. The fourth-order valence-electron chi connectivity index (χ4n) is 5.40. The van der Waals surface area contributed by atoms with Crippen LogP contribution in [0.5, 0.6) is 5.75 Å². The summed E-state index contributed by atoms with van der Waals surface area (Å²) in [5, 5.41) is 6.05. The minimum atomic E-state index is -4.51. The number of ether oxygens (including phenoxy) is 2. The zero-order chi connectivity index (χ0) is 33.6. The van der Waals surface area contributed by atoms with Gasteiger partial charge in [0, 0.05) is 58.5 Å². The molecule has 2 aromatic carbocycles. The van der Waals surface area contributed by atoms with Crippen molar-refractivity contribution >= 4 is 28.5 Å². The topological polar surface area (TPSA) is 101 Å². The molecule has 1 saturated heterocycles. The van der Waals surface area contributed by atoms with Gasteiger partial charge in [-0.3, -0.25) is 9.59 Å². The van der Waals surface area contributed by atoms with Crippen LogP contribution in [0.25, 0.3) is 11.0 Å². The maximum Gasteiger partial charge on any atom is 0.406 e. The number of carbonyl (C=O) groups is 2. The number of hydrogen-bond acceptors (Lipinski definition) is 7. The second kappa shape index (κ2) is 14.8. The number of imidazole rings is 1. The predicted molar refractivity (Wildman–Crippen MR) is 165 cm³/mol. The number of alkyl halides is 3. The Morgan fingerprint density at radius 2 is 1.91 bits per heavy atom. The van der Waals surface area contributed by atoms with Crippen molar-refractivity contribution in [1.82, 2.24) is 24.7 Å². The SMILES string of the molecule is COCCN1CC[C@H](NC(=O)c2cc(C#CCNc3cc(C(=O)N(C)C)c(F)cc3OC)cc3c2ncn3CC(F)(F)F)[C@@H](C)C1. The average molecular weight is 647 g/mol. The monoisotopic (exact) mass is 646 g/mol. The molecule has 0 bridgehead atoms. The molecule has 0 spiro atoms. The first-order valence-electron chi connectivity index (χ1n) is 14.7. The summed E-state index contributed by atoms with van der Waals surface area (Å²) in [6.45, 7) is 3.72. The lowest BCUT2D eigenvalue weighted by Gasteiger charge is -2.37. The second-order valence-electron chi connectivity index (χ2n) is 11.4. The van der Waals surface area contributed by atoms with Crippen LogP contribution in [-0.2, 0) is 11.3 Å². The number of rotatable bonds is 10. The van der Waals surface area contributed by atoms with Crippen LogP contribution in [0.4, 0.5) is 23.2 Å². The van der Waals surface area contributed by atoms with Gasteiger partial charge in [-0.1, -0.05) is 18.8 Å². The van der Waals surface area contributed by atoms with E-state index in [4.69, 9.17) is 9.47 Å². The van der Waals surface area contributed by atoms with Gasteiger partial charge in [0.2, 0.25) is 0 Å². The van der Waals surface area contributed by atoms with Crippen LogP contribution in [0.3, 0.4) is 0 Å². The molecule has 2 amide bonds. The number of anilines is 1. The molecule has 248 valence electrons. The molecular formula is C32H38F4N6O4. The van der Waals surface area contributed by atoms with E-state index in [0.717, 1.165) is 36.6 Å². The predicted octanol–water partition coefficient (Wildman–Crippen LogP) is 4.00. The minimum Gasteiger partial charge on any atom is -0.494 e. The highest BCUT2D eigenvalue weighted by Gasteiger charge is 2.31. The van der Waals surface area contributed by atoms with Crippen LogP contribution in [0, 0.1) is 23.6 Å². The molecule has 4 rings (SSSR count). The summed E-state index contributed by atoms with van der Waals surface area (Å²) in [7, 11) is 6.01. The first-order valence-corrected chi connectivity index (χ1v) is 14.7. The van der Waals surface area contributed by atoms with Crippen molar-refractivity contribution in [2.24, 2.45) is 5.92 Å². The van der Waals surface area contributed by atoms with Crippen molar-refractivity contribution in [3.05, 3.63) is 53.1 Å². The van der Waals surface area contributed by atoms with Gasteiger partial charge >= 0.3 is 6.18 Å². The molecule has 1 fully saturated rings. The summed E-state index contributed by atoms with van der Waals surface area (Å²) >= 11 is 0. The third-order valence-electron chi connectivity index (χ3n) is 7.76. The Morgan fingerprint density at radius 3 is 2.57 bits per heavy atom. The molecule has 0 unspecified atom stereocenters. The normalized spacial score (nSPS) is 16.9. The van der Waals surface area contributed by atoms with E-state index in [9.17, 15) is 27.2 Å². The van der Waals surface area contributed by atoms with E-state index < -0.39 is 30.4 Å². The van der Waals surface area contributed by atoms with Crippen molar-refractivity contribution in [1.29, 1.82) is 0 Å². The van der Waals surface area contributed by atoms with E-state index in [1.165, 1.54) is 44.3 Å². The van der Waals surface area contributed by atoms with E-state index in [1.807, 2.05) is 6.92 Å². The largest absolute Gasteiger partial charge is 0.494 e. The highest BCUT2D eigenvalue weighted by atomic mass is 19.4. The summed E-state index contributed by atoms with van der Waals surface area (Å²) in [6, 6.07) is 5.26. The number of amides is 2. The van der Waals surface area contributed by atoms with Crippen molar-refractivity contribution in [3.63, 3.8) is 0 Å². The quantitative estimate of drug-likeness (QED) is 0.254. The van der Waals surface area contributed by atoms with E-state index in [1.54, 1.807) is 7.11 Å². The molecule has 3 aromatic rings. The first-order chi connectivity index (χ1) is 21.8. The number of carbonyl (C=O) groups excluding carboxylic acids is 2. The standard InChI is InChI=1S/C32H38F4N6O4/c1-20-17-41(11-12-45-4)10-8-25(20)39-30(43)23-13-21(14-27-29(23)38-19-42(27)18-32(34,35)36)7-6-9-37-26-15-22(31(44)40(2)3)24(33)16-28(26)46-5/h13-16,19-20,25,37H,8-12,17-18H2,1-5H3,(H,39,43)/t20-,25-/m0/s1. The molecule has 10 nitrogen and oxygen atoms in total. The van der Waals surface area contributed by atoms with Crippen molar-refractivity contribution in [2.75, 3.05) is 66.4 Å². The second-order valence-corrected chi connectivity index (χ2v) is 11.4. The molecule has 2 atom stereocenters. The smallest absolute Gasteiger partial charge is 0.406 e. The lowest BCUT2D eigenvalue weighted by molar-refractivity contribution is -0.139. The van der Waals surface area contributed by atoms with Gasteiger partial charge in [0.15, 0.2) is 0 Å². The zero-order valence-electron chi connectivity index (χ0n) is 26.4. The molecule has 1 aliphatic rings. The summed E-state index contributed by atoms with van der Waals surface area (Å²) in [4.78, 5) is 33.6. The molecule has 1 aromatic heterocycles. The van der Waals surface area contributed by atoms with E-state index in [2.05, 4.69) is 32.4 Å². The Morgan fingerprint density at radius 1 is 1.15 bits per heavy atom. The zero-order valence-corrected chi connectivity index (χ0v) is 26.4. The summed E-state index contributed by atoms with van der Waals surface area (Å²) < 4.78 is 65.9. The number of piperidine rings is 1. The summed E-state index contributed by atoms with van der Waals surface area (Å²) in [5.41, 5.74) is 0.860. The lowest BCUT2D eigenvalue weighted by Crippen LogP contribution is -2.50. The van der Waals surface area contributed by atoms with Crippen LogP contribution in [0.2, 0.25) is 0 Å². The van der Waals surface area contributed by atoms with Gasteiger partial charge in [0.05, 0.1) is 48.9 Å². The van der Waals surface area contributed by atoms with Crippen LogP contribution in [-0.4, -0.2) is 104 Å². The van der Waals surface area contributed by atoms with Crippen LogP contribution in [0.1, 0.15) is 39.6 Å². The van der Waals surface area contributed by atoms with Gasteiger partial charge in [-0.2, -0.15) is 13.2 Å². The molecule has 2 N–H and O–H groups in total. The maximum absolute atomic E-state index is 14.5. The lowest BCUT2D eigenvalue weighted by atomic mass is 9.93. The molecule has 0 radical (unpaired) electrons.